The van der Waals surface area contributed by atoms with Gasteiger partial charge in [-0.25, -0.2) is 18.6 Å². The molecule has 0 bridgehead atoms. The van der Waals surface area contributed by atoms with Crippen LogP contribution in [0.1, 0.15) is 13.3 Å². The minimum atomic E-state index is -0.947. The maximum Gasteiger partial charge on any atom is 0.331 e. The van der Waals surface area contributed by atoms with Crippen LogP contribution in [0.2, 0.25) is 0 Å². The molecule has 7 heteroatoms. The lowest BCUT2D eigenvalue weighted by atomic mass is 10.1. The smallest absolute Gasteiger partial charge is 0.331 e. The third-order valence-corrected chi connectivity index (χ3v) is 3.72. The van der Waals surface area contributed by atoms with Gasteiger partial charge in [0.1, 0.15) is 13.1 Å². The van der Waals surface area contributed by atoms with E-state index < -0.39 is 11.6 Å². The largest absolute Gasteiger partial charge is 0.359 e. The molecule has 1 unspecified atom stereocenters. The van der Waals surface area contributed by atoms with E-state index in [2.05, 4.69) is 4.98 Å². The zero-order valence-corrected chi connectivity index (χ0v) is 12.0. The van der Waals surface area contributed by atoms with E-state index in [1.165, 1.54) is 23.2 Å². The van der Waals surface area contributed by atoms with Crippen molar-refractivity contribution in [3.8, 4) is 11.3 Å². The Morgan fingerprint density at radius 2 is 2.23 bits per heavy atom. The average Bonchev–Trinajstić information content (AvgIpc) is 3.17. The van der Waals surface area contributed by atoms with E-state index in [0.29, 0.717) is 17.9 Å². The number of halogens is 2. The fourth-order valence-electron chi connectivity index (χ4n) is 2.41. The molecule has 0 N–H and O–H groups in total. The summed E-state index contributed by atoms with van der Waals surface area (Å²) in [5.74, 6) is -1.86. The quantitative estimate of drug-likeness (QED) is 0.857. The monoisotopic (exact) mass is 307 g/mol. The average molecular weight is 307 g/mol. The van der Waals surface area contributed by atoms with Gasteiger partial charge in [-0.15, -0.1) is 0 Å². The number of rotatable bonds is 2. The van der Waals surface area contributed by atoms with Gasteiger partial charge < -0.3 is 4.74 Å². The van der Waals surface area contributed by atoms with Crippen LogP contribution in [-0.2, 0) is 4.74 Å². The molecule has 1 aliphatic heterocycles. The second-order valence-corrected chi connectivity index (χ2v) is 5.11. The Bertz CT molecular complexity index is 702. The number of nitrogens with zero attached hydrogens (tertiary/aromatic N) is 3. The van der Waals surface area contributed by atoms with Crippen molar-refractivity contribution in [3.05, 3.63) is 42.4 Å². The summed E-state index contributed by atoms with van der Waals surface area (Å²) >= 11 is 0. The second kappa shape index (κ2) is 5.84. The lowest BCUT2D eigenvalue weighted by Gasteiger charge is -2.20. The summed E-state index contributed by atoms with van der Waals surface area (Å²) in [6, 6.07) is 3.31. The Morgan fingerprint density at radius 1 is 1.41 bits per heavy atom. The first-order valence-electron chi connectivity index (χ1n) is 6.98. The maximum absolute atomic E-state index is 13.3. The number of hydrogen-bond acceptors (Lipinski definition) is 3. The van der Waals surface area contributed by atoms with Crippen molar-refractivity contribution < 1.29 is 18.3 Å². The number of amides is 1. The van der Waals surface area contributed by atoms with Crippen molar-refractivity contribution in [2.75, 3.05) is 13.3 Å². The number of carbonyl (C=O) groups excluding carboxylic acids is 1. The van der Waals surface area contributed by atoms with Gasteiger partial charge in [-0.3, -0.25) is 9.47 Å². The zero-order valence-electron chi connectivity index (χ0n) is 12.0. The van der Waals surface area contributed by atoms with Crippen LogP contribution >= 0.6 is 0 Å². The molecule has 116 valence electrons. The van der Waals surface area contributed by atoms with E-state index >= 15 is 0 Å². The first-order valence-corrected chi connectivity index (χ1v) is 6.98. The third kappa shape index (κ3) is 2.59. The Hall–Kier alpha value is -2.28. The molecule has 1 fully saturated rings. The summed E-state index contributed by atoms with van der Waals surface area (Å²) in [7, 11) is 0. The molecule has 0 aliphatic carbocycles. The minimum absolute atomic E-state index is 0.0432. The van der Waals surface area contributed by atoms with E-state index in [4.69, 9.17) is 4.74 Å². The van der Waals surface area contributed by atoms with Crippen molar-refractivity contribution in [1.29, 1.82) is 0 Å². The SMILES string of the molecule is CCC1COCN1C(=O)n1cnc(-c2ccc(F)c(F)c2)c1. The van der Waals surface area contributed by atoms with Crippen molar-refractivity contribution >= 4 is 6.03 Å². The normalized spacial score (nSPS) is 18.0. The van der Waals surface area contributed by atoms with Crippen LogP contribution in [0.5, 0.6) is 0 Å². The standard InChI is InChI=1S/C15H15F2N3O2/c1-2-11-7-22-9-20(11)15(21)19-6-14(18-8-19)10-3-4-12(16)13(17)5-10/h3-6,8,11H,2,7,9H2,1H3. The number of ether oxygens (including phenoxy) is 1. The molecule has 0 radical (unpaired) electrons. The van der Waals surface area contributed by atoms with E-state index in [1.807, 2.05) is 6.92 Å². The lowest BCUT2D eigenvalue weighted by molar-refractivity contribution is 0.143. The topological polar surface area (TPSA) is 47.4 Å². The Morgan fingerprint density at radius 3 is 2.95 bits per heavy atom. The van der Waals surface area contributed by atoms with Gasteiger partial charge in [0.2, 0.25) is 0 Å². The highest BCUT2D eigenvalue weighted by atomic mass is 19.2. The molecule has 1 saturated heterocycles. The van der Waals surface area contributed by atoms with Crippen molar-refractivity contribution in [2.45, 2.75) is 19.4 Å². The predicted octanol–water partition coefficient (Wildman–Crippen LogP) is 2.86. The van der Waals surface area contributed by atoms with Crippen LogP contribution < -0.4 is 0 Å². The number of carbonyl (C=O) groups is 1. The van der Waals surface area contributed by atoms with Crippen molar-refractivity contribution in [3.63, 3.8) is 0 Å². The molecule has 2 heterocycles. The van der Waals surface area contributed by atoms with Gasteiger partial charge in [-0.05, 0) is 24.6 Å². The highest BCUT2D eigenvalue weighted by Gasteiger charge is 2.29. The highest BCUT2D eigenvalue weighted by molar-refractivity contribution is 5.78. The molecule has 0 spiro atoms. The van der Waals surface area contributed by atoms with Gasteiger partial charge in [0, 0.05) is 11.8 Å². The Labute approximate surface area is 126 Å². The third-order valence-electron chi connectivity index (χ3n) is 3.72. The maximum atomic E-state index is 13.3. The molecule has 1 amide bonds. The fourth-order valence-corrected chi connectivity index (χ4v) is 2.41. The lowest BCUT2D eigenvalue weighted by Crippen LogP contribution is -2.38. The van der Waals surface area contributed by atoms with Gasteiger partial charge in [-0.1, -0.05) is 6.92 Å². The predicted molar refractivity (Wildman–Crippen MR) is 75.1 cm³/mol. The van der Waals surface area contributed by atoms with Crippen LogP contribution in [0.15, 0.2) is 30.7 Å². The highest BCUT2D eigenvalue weighted by Crippen LogP contribution is 2.21. The van der Waals surface area contributed by atoms with Gasteiger partial charge in [0.15, 0.2) is 11.6 Å². The molecule has 1 atom stereocenters. The van der Waals surface area contributed by atoms with Crippen LogP contribution in [0.4, 0.5) is 13.6 Å². The molecule has 2 aromatic rings. The molecule has 1 aliphatic rings. The first-order chi connectivity index (χ1) is 10.6. The molecule has 1 aromatic heterocycles. The van der Waals surface area contributed by atoms with Crippen LogP contribution in [0.25, 0.3) is 11.3 Å². The summed E-state index contributed by atoms with van der Waals surface area (Å²) in [5, 5.41) is 0. The van der Waals surface area contributed by atoms with Crippen LogP contribution in [0.3, 0.4) is 0 Å². The molecule has 3 rings (SSSR count). The van der Waals surface area contributed by atoms with E-state index in [0.717, 1.165) is 18.6 Å². The minimum Gasteiger partial charge on any atom is -0.359 e. The molecular weight excluding hydrogens is 292 g/mol. The number of aromatic nitrogens is 2. The second-order valence-electron chi connectivity index (χ2n) is 5.11. The Balaban J connectivity index is 1.84. The first kappa shape index (κ1) is 14.6. The fraction of sp³-hybridized carbons (Fsp3) is 0.333. The van der Waals surface area contributed by atoms with Gasteiger partial charge >= 0.3 is 6.03 Å². The van der Waals surface area contributed by atoms with Gasteiger partial charge in [0.25, 0.3) is 0 Å². The summed E-state index contributed by atoms with van der Waals surface area (Å²) in [6.45, 7) is 2.75. The molecule has 1 aromatic carbocycles. The summed E-state index contributed by atoms with van der Waals surface area (Å²) in [6.07, 6.45) is 3.67. The molecule has 0 saturated carbocycles. The molecule has 22 heavy (non-hydrogen) atoms. The number of imidazole rings is 1. The van der Waals surface area contributed by atoms with Crippen molar-refractivity contribution in [2.24, 2.45) is 0 Å². The zero-order chi connectivity index (χ0) is 15.7. The van der Waals surface area contributed by atoms with E-state index in [1.54, 1.807) is 4.90 Å². The molecular formula is C15H15F2N3O2. The van der Waals surface area contributed by atoms with Gasteiger partial charge in [0.05, 0.1) is 18.3 Å². The summed E-state index contributed by atoms with van der Waals surface area (Å²) in [5.41, 5.74) is 0.815. The summed E-state index contributed by atoms with van der Waals surface area (Å²) in [4.78, 5) is 18.1. The van der Waals surface area contributed by atoms with Crippen molar-refractivity contribution in [1.82, 2.24) is 14.5 Å². The molecule has 5 nitrogen and oxygen atoms in total. The number of hydrogen-bond donors (Lipinski definition) is 0. The summed E-state index contributed by atoms with van der Waals surface area (Å²) < 4.78 is 32.9. The van der Waals surface area contributed by atoms with Crippen LogP contribution in [0, 0.1) is 11.6 Å². The number of benzene rings is 1. The van der Waals surface area contributed by atoms with Crippen LogP contribution in [-0.4, -0.2) is 39.9 Å². The van der Waals surface area contributed by atoms with Gasteiger partial charge in [-0.2, -0.15) is 0 Å². The van der Waals surface area contributed by atoms with E-state index in [-0.39, 0.29) is 18.8 Å². The Kier molecular flexibility index (Phi) is 3.89. The van der Waals surface area contributed by atoms with E-state index in [9.17, 15) is 13.6 Å².